The zero-order chi connectivity index (χ0) is 14.5. The lowest BCUT2D eigenvalue weighted by Gasteiger charge is -2.17. The van der Waals surface area contributed by atoms with Crippen molar-refractivity contribution in [3.63, 3.8) is 0 Å². The molecule has 0 unspecified atom stereocenters. The van der Waals surface area contributed by atoms with Gasteiger partial charge in [0.2, 0.25) is 5.89 Å². The maximum Gasteiger partial charge on any atom is 0.240 e. The lowest BCUT2D eigenvalue weighted by atomic mass is 9.89. The third-order valence-electron chi connectivity index (χ3n) is 4.10. The van der Waals surface area contributed by atoms with E-state index in [2.05, 4.69) is 31.9 Å². The van der Waals surface area contributed by atoms with Crippen LogP contribution in [0.4, 0.5) is 0 Å². The Morgan fingerprint density at radius 1 is 1.38 bits per heavy atom. The third-order valence-corrected chi connectivity index (χ3v) is 4.10. The second-order valence-corrected chi connectivity index (χ2v) is 5.92. The van der Waals surface area contributed by atoms with E-state index in [1.54, 1.807) is 6.20 Å². The van der Waals surface area contributed by atoms with E-state index >= 15 is 0 Å². The van der Waals surface area contributed by atoms with Crippen molar-refractivity contribution in [1.82, 2.24) is 25.0 Å². The molecule has 0 aliphatic heterocycles. The molecule has 2 aromatic rings. The van der Waals surface area contributed by atoms with Crippen LogP contribution in [0.25, 0.3) is 0 Å². The zero-order valence-corrected chi connectivity index (χ0v) is 12.5. The summed E-state index contributed by atoms with van der Waals surface area (Å²) in [5.74, 6) is 2.08. The molecule has 0 aromatic carbocycles. The molecule has 2 heterocycles. The lowest BCUT2D eigenvalue weighted by molar-refractivity contribution is 0.341. The highest BCUT2D eigenvalue weighted by Crippen LogP contribution is 2.30. The van der Waals surface area contributed by atoms with E-state index in [-0.39, 0.29) is 0 Å². The van der Waals surface area contributed by atoms with Gasteiger partial charge in [0.1, 0.15) is 0 Å². The smallest absolute Gasteiger partial charge is 0.240 e. The standard InChI is InChI=1S/C15H23N5O/c1-12(10-20-8-7-16-11-20)17-9-14-18-15(19-21-14)13-5-3-2-4-6-13/h7-8,11-13,17H,2-6,9-10H2,1H3/t12-/m0/s1. The van der Waals surface area contributed by atoms with Gasteiger partial charge in [-0.05, 0) is 19.8 Å². The fourth-order valence-corrected chi connectivity index (χ4v) is 2.90. The fourth-order valence-electron chi connectivity index (χ4n) is 2.90. The molecule has 21 heavy (non-hydrogen) atoms. The summed E-state index contributed by atoms with van der Waals surface area (Å²) in [5, 5.41) is 7.56. The quantitative estimate of drug-likeness (QED) is 0.885. The molecule has 0 saturated heterocycles. The van der Waals surface area contributed by atoms with Gasteiger partial charge in [0.05, 0.1) is 12.9 Å². The van der Waals surface area contributed by atoms with Crippen LogP contribution in [0.2, 0.25) is 0 Å². The average Bonchev–Trinajstić information content (AvgIpc) is 3.17. The molecule has 0 radical (unpaired) electrons. The van der Waals surface area contributed by atoms with Gasteiger partial charge in [-0.2, -0.15) is 4.98 Å². The minimum Gasteiger partial charge on any atom is -0.338 e. The summed E-state index contributed by atoms with van der Waals surface area (Å²) in [4.78, 5) is 8.59. The highest BCUT2D eigenvalue weighted by atomic mass is 16.5. The van der Waals surface area contributed by atoms with E-state index in [0.717, 1.165) is 12.4 Å². The number of hydrogen-bond acceptors (Lipinski definition) is 5. The normalized spacial score (nSPS) is 18.0. The lowest BCUT2D eigenvalue weighted by Crippen LogP contribution is -2.29. The Bertz CT molecular complexity index is 530. The Kier molecular flexibility index (Phi) is 4.65. The fraction of sp³-hybridized carbons (Fsp3) is 0.667. The minimum atomic E-state index is 0.323. The van der Waals surface area contributed by atoms with Crippen LogP contribution in [-0.4, -0.2) is 25.7 Å². The summed E-state index contributed by atoms with van der Waals surface area (Å²) >= 11 is 0. The number of aromatic nitrogens is 4. The molecule has 1 saturated carbocycles. The van der Waals surface area contributed by atoms with Crippen LogP contribution in [0.15, 0.2) is 23.2 Å². The van der Waals surface area contributed by atoms with E-state index in [1.165, 1.54) is 32.1 Å². The van der Waals surface area contributed by atoms with E-state index < -0.39 is 0 Å². The van der Waals surface area contributed by atoms with E-state index in [1.807, 2.05) is 12.5 Å². The number of nitrogens with zero attached hydrogens (tertiary/aromatic N) is 4. The Morgan fingerprint density at radius 3 is 3.00 bits per heavy atom. The number of hydrogen-bond donors (Lipinski definition) is 1. The molecule has 1 fully saturated rings. The van der Waals surface area contributed by atoms with Gasteiger partial charge in [0.25, 0.3) is 0 Å². The third kappa shape index (κ3) is 3.91. The molecule has 2 aromatic heterocycles. The van der Waals surface area contributed by atoms with Crippen LogP contribution in [0.1, 0.15) is 56.7 Å². The first-order valence-electron chi connectivity index (χ1n) is 7.83. The van der Waals surface area contributed by atoms with Crippen molar-refractivity contribution in [2.24, 2.45) is 0 Å². The topological polar surface area (TPSA) is 68.8 Å². The highest BCUT2D eigenvalue weighted by Gasteiger charge is 2.20. The summed E-state index contributed by atoms with van der Waals surface area (Å²) in [6.45, 7) is 3.64. The summed E-state index contributed by atoms with van der Waals surface area (Å²) in [5.41, 5.74) is 0. The van der Waals surface area contributed by atoms with Gasteiger partial charge in [-0.25, -0.2) is 4.98 Å². The van der Waals surface area contributed by atoms with Crippen LogP contribution in [0, 0.1) is 0 Å². The van der Waals surface area contributed by atoms with Gasteiger partial charge in [0, 0.05) is 30.9 Å². The minimum absolute atomic E-state index is 0.323. The SMILES string of the molecule is C[C@@H](Cn1ccnc1)NCc1nc(C2CCCCC2)no1. The van der Waals surface area contributed by atoms with Gasteiger partial charge in [-0.15, -0.1) is 0 Å². The van der Waals surface area contributed by atoms with Crippen molar-refractivity contribution in [1.29, 1.82) is 0 Å². The molecular weight excluding hydrogens is 266 g/mol. The molecule has 6 heteroatoms. The van der Waals surface area contributed by atoms with E-state index in [4.69, 9.17) is 4.52 Å². The van der Waals surface area contributed by atoms with E-state index in [0.29, 0.717) is 24.4 Å². The largest absolute Gasteiger partial charge is 0.338 e. The molecule has 0 bridgehead atoms. The first kappa shape index (κ1) is 14.3. The second-order valence-electron chi connectivity index (χ2n) is 5.92. The van der Waals surface area contributed by atoms with Crippen molar-refractivity contribution in [3.05, 3.63) is 30.4 Å². The summed E-state index contributed by atoms with van der Waals surface area (Å²) < 4.78 is 7.42. The number of nitrogens with one attached hydrogen (secondary N) is 1. The second kappa shape index (κ2) is 6.85. The van der Waals surface area contributed by atoms with Crippen LogP contribution in [0.3, 0.4) is 0 Å². The Hall–Kier alpha value is -1.69. The first-order chi connectivity index (χ1) is 10.3. The Morgan fingerprint density at radius 2 is 2.24 bits per heavy atom. The molecular formula is C15H23N5O. The Balaban J connectivity index is 1.48. The van der Waals surface area contributed by atoms with Gasteiger partial charge in [0.15, 0.2) is 5.82 Å². The van der Waals surface area contributed by atoms with Crippen molar-refractivity contribution in [2.45, 2.75) is 64.1 Å². The van der Waals surface area contributed by atoms with Crippen molar-refractivity contribution >= 4 is 0 Å². The number of rotatable bonds is 6. The van der Waals surface area contributed by atoms with Crippen LogP contribution in [0.5, 0.6) is 0 Å². The predicted molar refractivity (Wildman–Crippen MR) is 78.7 cm³/mol. The molecule has 1 aliphatic rings. The maximum absolute atomic E-state index is 5.36. The van der Waals surface area contributed by atoms with Gasteiger partial charge >= 0.3 is 0 Å². The molecule has 114 valence electrons. The van der Waals surface area contributed by atoms with Gasteiger partial charge in [-0.1, -0.05) is 24.4 Å². The van der Waals surface area contributed by atoms with Crippen LogP contribution in [-0.2, 0) is 13.1 Å². The monoisotopic (exact) mass is 289 g/mol. The van der Waals surface area contributed by atoms with Crippen molar-refractivity contribution < 1.29 is 4.52 Å². The molecule has 0 spiro atoms. The molecule has 1 aliphatic carbocycles. The van der Waals surface area contributed by atoms with Gasteiger partial charge < -0.3 is 14.4 Å². The van der Waals surface area contributed by atoms with Crippen LogP contribution < -0.4 is 5.32 Å². The molecule has 1 atom stereocenters. The highest BCUT2D eigenvalue weighted by molar-refractivity contribution is 4.96. The van der Waals surface area contributed by atoms with Crippen molar-refractivity contribution in [3.8, 4) is 0 Å². The maximum atomic E-state index is 5.36. The molecule has 0 amide bonds. The Labute approximate surface area is 125 Å². The van der Waals surface area contributed by atoms with Crippen LogP contribution >= 0.6 is 0 Å². The molecule has 3 rings (SSSR count). The predicted octanol–water partition coefficient (Wildman–Crippen LogP) is 2.49. The summed E-state index contributed by atoms with van der Waals surface area (Å²) in [6, 6.07) is 0.323. The summed E-state index contributed by atoms with van der Waals surface area (Å²) in [6.07, 6.45) is 11.9. The first-order valence-corrected chi connectivity index (χ1v) is 7.83. The van der Waals surface area contributed by atoms with Crippen molar-refractivity contribution in [2.75, 3.05) is 0 Å². The van der Waals surface area contributed by atoms with E-state index in [9.17, 15) is 0 Å². The van der Waals surface area contributed by atoms with Gasteiger partial charge in [-0.3, -0.25) is 0 Å². The average molecular weight is 289 g/mol. The molecule has 1 N–H and O–H groups in total. The summed E-state index contributed by atoms with van der Waals surface area (Å²) in [7, 11) is 0. The number of imidazole rings is 1. The molecule has 6 nitrogen and oxygen atoms in total. The zero-order valence-electron chi connectivity index (χ0n) is 12.5.